The van der Waals surface area contributed by atoms with Gasteiger partial charge in [-0.3, -0.25) is 4.57 Å². The second-order valence-corrected chi connectivity index (χ2v) is 5.71. The van der Waals surface area contributed by atoms with Gasteiger partial charge in [-0.25, -0.2) is 4.98 Å². The van der Waals surface area contributed by atoms with E-state index >= 15 is 0 Å². The third kappa shape index (κ3) is 2.55. The molecule has 0 fully saturated rings. The summed E-state index contributed by atoms with van der Waals surface area (Å²) in [6.45, 7) is 0.350. The van der Waals surface area contributed by atoms with Gasteiger partial charge in [0.1, 0.15) is 17.9 Å². The van der Waals surface area contributed by atoms with E-state index < -0.39 is 0 Å². The molecule has 4 aromatic rings. The SMILES string of the molecule is COCc1nnc(-c2cn3ccccc3n2)n1-c1ccc(Cl)cc1. The van der Waals surface area contributed by atoms with Gasteiger partial charge in [0.25, 0.3) is 0 Å². The second-order valence-electron chi connectivity index (χ2n) is 5.28. The Balaban J connectivity index is 1.90. The summed E-state index contributed by atoms with van der Waals surface area (Å²) in [5.74, 6) is 1.36. The molecule has 0 spiro atoms. The minimum Gasteiger partial charge on any atom is -0.377 e. The van der Waals surface area contributed by atoms with E-state index in [1.807, 2.05) is 63.8 Å². The molecule has 0 aliphatic rings. The molecule has 4 rings (SSSR count). The van der Waals surface area contributed by atoms with Gasteiger partial charge in [0.2, 0.25) is 0 Å². The Bertz CT molecular complexity index is 957. The van der Waals surface area contributed by atoms with Crippen molar-refractivity contribution in [3.05, 3.63) is 65.7 Å². The third-order valence-corrected chi connectivity index (χ3v) is 3.93. The van der Waals surface area contributed by atoms with Gasteiger partial charge in [-0.1, -0.05) is 17.7 Å². The zero-order valence-corrected chi connectivity index (χ0v) is 13.7. The number of hydrogen-bond acceptors (Lipinski definition) is 4. The molecule has 7 heteroatoms. The predicted molar refractivity (Wildman–Crippen MR) is 91.3 cm³/mol. The van der Waals surface area contributed by atoms with Crippen molar-refractivity contribution in [3.63, 3.8) is 0 Å². The first kappa shape index (κ1) is 14.9. The van der Waals surface area contributed by atoms with Crippen LogP contribution in [0.1, 0.15) is 5.82 Å². The molecule has 0 aliphatic heterocycles. The lowest BCUT2D eigenvalue weighted by Crippen LogP contribution is -2.04. The number of nitrogens with zero attached hydrogens (tertiary/aromatic N) is 5. The number of rotatable bonds is 4. The highest BCUT2D eigenvalue weighted by atomic mass is 35.5. The van der Waals surface area contributed by atoms with Crippen molar-refractivity contribution in [1.29, 1.82) is 0 Å². The zero-order valence-electron chi connectivity index (χ0n) is 12.9. The lowest BCUT2D eigenvalue weighted by molar-refractivity contribution is 0.176. The Hall–Kier alpha value is -2.70. The van der Waals surface area contributed by atoms with Gasteiger partial charge in [0.15, 0.2) is 11.6 Å². The summed E-state index contributed by atoms with van der Waals surface area (Å²) >= 11 is 6.00. The van der Waals surface area contributed by atoms with E-state index in [0.29, 0.717) is 23.3 Å². The Morgan fingerprint density at radius 2 is 1.92 bits per heavy atom. The Labute approximate surface area is 143 Å². The molecule has 0 atom stereocenters. The van der Waals surface area contributed by atoms with Crippen LogP contribution in [-0.2, 0) is 11.3 Å². The van der Waals surface area contributed by atoms with Crippen molar-refractivity contribution in [2.45, 2.75) is 6.61 Å². The van der Waals surface area contributed by atoms with E-state index in [4.69, 9.17) is 16.3 Å². The van der Waals surface area contributed by atoms with Gasteiger partial charge < -0.3 is 9.14 Å². The van der Waals surface area contributed by atoms with Gasteiger partial charge in [0, 0.05) is 30.2 Å². The van der Waals surface area contributed by atoms with Crippen LogP contribution in [0.3, 0.4) is 0 Å². The van der Waals surface area contributed by atoms with E-state index in [-0.39, 0.29) is 0 Å². The molecule has 0 aliphatic carbocycles. The van der Waals surface area contributed by atoms with Gasteiger partial charge in [0.05, 0.1) is 0 Å². The van der Waals surface area contributed by atoms with Crippen molar-refractivity contribution in [3.8, 4) is 17.2 Å². The fourth-order valence-corrected chi connectivity index (χ4v) is 2.73. The maximum absolute atomic E-state index is 6.00. The maximum Gasteiger partial charge on any atom is 0.188 e. The van der Waals surface area contributed by atoms with Gasteiger partial charge >= 0.3 is 0 Å². The predicted octanol–water partition coefficient (Wildman–Crippen LogP) is 3.38. The highest BCUT2D eigenvalue weighted by molar-refractivity contribution is 6.30. The smallest absolute Gasteiger partial charge is 0.188 e. The lowest BCUT2D eigenvalue weighted by Gasteiger charge is -2.09. The third-order valence-electron chi connectivity index (χ3n) is 3.68. The maximum atomic E-state index is 6.00. The normalized spacial score (nSPS) is 11.2. The Kier molecular flexibility index (Phi) is 3.76. The first-order chi connectivity index (χ1) is 11.8. The van der Waals surface area contributed by atoms with Gasteiger partial charge in [-0.15, -0.1) is 10.2 Å². The number of hydrogen-bond donors (Lipinski definition) is 0. The van der Waals surface area contributed by atoms with Crippen LogP contribution in [-0.4, -0.2) is 31.3 Å². The number of ether oxygens (including phenoxy) is 1. The molecule has 0 amide bonds. The molecule has 0 saturated carbocycles. The molecule has 0 bridgehead atoms. The minimum absolute atomic E-state index is 0.350. The minimum atomic E-state index is 0.350. The van der Waals surface area contributed by atoms with Gasteiger partial charge in [-0.2, -0.15) is 0 Å². The molecular weight excluding hydrogens is 326 g/mol. The van der Waals surface area contributed by atoms with Crippen molar-refractivity contribution in [1.82, 2.24) is 24.1 Å². The molecular formula is C17H14ClN5O. The van der Waals surface area contributed by atoms with Crippen molar-refractivity contribution >= 4 is 17.2 Å². The summed E-state index contributed by atoms with van der Waals surface area (Å²) in [7, 11) is 1.63. The van der Waals surface area contributed by atoms with E-state index in [2.05, 4.69) is 15.2 Å². The Morgan fingerprint density at radius 3 is 2.67 bits per heavy atom. The molecule has 1 aromatic carbocycles. The summed E-state index contributed by atoms with van der Waals surface area (Å²) in [6.07, 6.45) is 3.88. The standard InChI is InChI=1S/C17H14ClN5O/c1-24-11-16-20-21-17(23(16)13-7-5-12(18)6-8-13)14-10-22-9-3-2-4-15(22)19-14/h2-10H,11H2,1H3. The molecule has 0 saturated heterocycles. The monoisotopic (exact) mass is 339 g/mol. The molecule has 0 radical (unpaired) electrons. The highest BCUT2D eigenvalue weighted by Crippen LogP contribution is 2.24. The lowest BCUT2D eigenvalue weighted by atomic mass is 10.3. The first-order valence-corrected chi connectivity index (χ1v) is 7.77. The molecule has 0 N–H and O–H groups in total. The number of aromatic nitrogens is 5. The second kappa shape index (κ2) is 6.07. The Morgan fingerprint density at radius 1 is 1.08 bits per heavy atom. The largest absolute Gasteiger partial charge is 0.377 e. The summed E-state index contributed by atoms with van der Waals surface area (Å²) < 4.78 is 9.13. The summed E-state index contributed by atoms with van der Waals surface area (Å²) in [5.41, 5.74) is 2.50. The molecule has 6 nitrogen and oxygen atoms in total. The van der Waals surface area contributed by atoms with Crippen LogP contribution in [0.25, 0.3) is 22.9 Å². The number of imidazole rings is 1. The average molecular weight is 340 g/mol. The van der Waals surface area contributed by atoms with Crippen LogP contribution in [0, 0.1) is 0 Å². The van der Waals surface area contributed by atoms with E-state index in [0.717, 1.165) is 17.0 Å². The van der Waals surface area contributed by atoms with Crippen LogP contribution in [0.4, 0.5) is 0 Å². The molecule has 3 heterocycles. The molecule has 0 unspecified atom stereocenters. The van der Waals surface area contributed by atoms with E-state index in [1.54, 1.807) is 7.11 Å². The first-order valence-electron chi connectivity index (χ1n) is 7.39. The fourth-order valence-electron chi connectivity index (χ4n) is 2.61. The van der Waals surface area contributed by atoms with Crippen molar-refractivity contribution in [2.75, 3.05) is 7.11 Å². The summed E-state index contributed by atoms with van der Waals surface area (Å²) in [4.78, 5) is 4.63. The topological polar surface area (TPSA) is 57.2 Å². The average Bonchev–Trinajstić information content (AvgIpc) is 3.19. The van der Waals surface area contributed by atoms with Crippen LogP contribution >= 0.6 is 11.6 Å². The van der Waals surface area contributed by atoms with E-state index in [9.17, 15) is 0 Å². The number of methoxy groups -OCH3 is 1. The molecule has 120 valence electrons. The highest BCUT2D eigenvalue weighted by Gasteiger charge is 2.18. The summed E-state index contributed by atoms with van der Waals surface area (Å²) in [6, 6.07) is 13.4. The molecule has 3 aromatic heterocycles. The van der Waals surface area contributed by atoms with E-state index in [1.165, 1.54) is 0 Å². The summed E-state index contributed by atoms with van der Waals surface area (Å²) in [5, 5.41) is 9.26. The number of benzene rings is 1. The van der Waals surface area contributed by atoms with Crippen molar-refractivity contribution < 1.29 is 4.74 Å². The zero-order chi connectivity index (χ0) is 16.5. The number of pyridine rings is 1. The number of halogens is 1. The van der Waals surface area contributed by atoms with Crippen LogP contribution in [0.2, 0.25) is 5.02 Å². The van der Waals surface area contributed by atoms with Crippen molar-refractivity contribution in [2.24, 2.45) is 0 Å². The van der Waals surface area contributed by atoms with Crippen LogP contribution in [0.15, 0.2) is 54.9 Å². The van der Waals surface area contributed by atoms with Gasteiger partial charge in [-0.05, 0) is 36.4 Å². The van der Waals surface area contributed by atoms with Crippen LogP contribution in [0.5, 0.6) is 0 Å². The molecule has 24 heavy (non-hydrogen) atoms. The number of fused-ring (bicyclic) bond motifs is 1. The quantitative estimate of drug-likeness (QED) is 0.572. The fraction of sp³-hybridized carbons (Fsp3) is 0.118. The van der Waals surface area contributed by atoms with Crippen LogP contribution < -0.4 is 0 Å².